The lowest BCUT2D eigenvalue weighted by molar-refractivity contribution is -0.121. The highest BCUT2D eigenvalue weighted by atomic mass is 35.5. The third-order valence-electron chi connectivity index (χ3n) is 2.93. The Kier molecular flexibility index (Phi) is 7.04. The second-order valence-electron chi connectivity index (χ2n) is 4.68. The second-order valence-corrected chi connectivity index (χ2v) is 6.27. The quantitative estimate of drug-likeness (QED) is 0.706. The molecule has 1 saturated carbocycles. The molecule has 0 aromatic carbocycles. The first-order chi connectivity index (χ1) is 8.12. The Balaban J connectivity index is 0.00000324. The van der Waals surface area contributed by atoms with E-state index in [1.807, 2.05) is 0 Å². The van der Waals surface area contributed by atoms with Gasteiger partial charge in [0.1, 0.15) is 6.54 Å². The van der Waals surface area contributed by atoms with E-state index >= 15 is 0 Å². The van der Waals surface area contributed by atoms with E-state index in [-0.39, 0.29) is 19.0 Å². The lowest BCUT2D eigenvalue weighted by Gasteiger charge is -2.33. The molecule has 10 heteroatoms. The number of nitrogens with one attached hydrogen (secondary N) is 2. The summed E-state index contributed by atoms with van der Waals surface area (Å²) in [5.41, 5.74) is 5.32. The fourth-order valence-corrected chi connectivity index (χ4v) is 2.83. The average molecular weight is 326 g/mol. The Hall–Kier alpha value is -0.0900. The Morgan fingerprint density at radius 1 is 1.11 bits per heavy atom. The summed E-state index contributed by atoms with van der Waals surface area (Å²) in [5.74, 6) is 0. The molecule has 0 amide bonds. The first-order valence-electron chi connectivity index (χ1n) is 5.72. The number of rotatable bonds is 5. The lowest BCUT2D eigenvalue weighted by Crippen LogP contribution is -2.53. The fourth-order valence-electron chi connectivity index (χ4n) is 1.90. The molecule has 1 aliphatic rings. The summed E-state index contributed by atoms with van der Waals surface area (Å²) in [4.78, 5) is 0. The van der Waals surface area contributed by atoms with Crippen LogP contribution in [-0.4, -0.2) is 33.2 Å². The minimum Gasteiger partial charge on any atom is -0.324 e. The van der Waals surface area contributed by atoms with E-state index in [1.54, 1.807) is 0 Å². The van der Waals surface area contributed by atoms with Crippen LogP contribution in [0.4, 0.5) is 13.2 Å². The van der Waals surface area contributed by atoms with Crippen molar-refractivity contribution in [2.24, 2.45) is 5.73 Å². The molecule has 0 saturated heterocycles. The molecule has 5 nitrogen and oxygen atoms in total. The van der Waals surface area contributed by atoms with Crippen LogP contribution in [0.25, 0.3) is 0 Å². The molecule has 0 radical (unpaired) electrons. The van der Waals surface area contributed by atoms with Gasteiger partial charge in [-0.1, -0.05) is 19.3 Å². The Labute approximate surface area is 117 Å². The maximum atomic E-state index is 11.9. The highest BCUT2D eigenvalue weighted by molar-refractivity contribution is 7.87. The van der Waals surface area contributed by atoms with Crippen molar-refractivity contribution in [3.8, 4) is 0 Å². The van der Waals surface area contributed by atoms with Crippen molar-refractivity contribution in [1.82, 2.24) is 9.44 Å². The van der Waals surface area contributed by atoms with Crippen molar-refractivity contribution in [2.45, 2.75) is 43.8 Å². The van der Waals surface area contributed by atoms with Crippen LogP contribution in [0.15, 0.2) is 0 Å². The van der Waals surface area contributed by atoms with Gasteiger partial charge in [-0.2, -0.15) is 26.3 Å². The molecule has 19 heavy (non-hydrogen) atoms. The Morgan fingerprint density at radius 2 is 1.63 bits per heavy atom. The van der Waals surface area contributed by atoms with E-state index in [9.17, 15) is 21.6 Å². The third kappa shape index (κ3) is 7.93. The highest BCUT2D eigenvalue weighted by Gasteiger charge is 2.32. The average Bonchev–Trinajstić information content (AvgIpc) is 2.25. The van der Waals surface area contributed by atoms with Crippen molar-refractivity contribution in [1.29, 1.82) is 0 Å². The van der Waals surface area contributed by atoms with Gasteiger partial charge in [0.25, 0.3) is 10.2 Å². The van der Waals surface area contributed by atoms with Gasteiger partial charge >= 0.3 is 6.18 Å². The molecule has 4 N–H and O–H groups in total. The van der Waals surface area contributed by atoms with Crippen molar-refractivity contribution in [3.05, 3.63) is 0 Å². The minimum atomic E-state index is -4.57. The van der Waals surface area contributed by atoms with Crippen molar-refractivity contribution in [3.63, 3.8) is 0 Å². The lowest BCUT2D eigenvalue weighted by atomic mass is 9.83. The summed E-state index contributed by atoms with van der Waals surface area (Å²) in [6.07, 6.45) is -0.343. The maximum Gasteiger partial charge on any atom is 0.402 e. The first kappa shape index (κ1) is 18.9. The van der Waals surface area contributed by atoms with Gasteiger partial charge in [0, 0.05) is 12.1 Å². The maximum absolute atomic E-state index is 11.9. The number of nitrogens with two attached hydrogens (primary N) is 1. The van der Waals surface area contributed by atoms with Crippen LogP contribution in [0.2, 0.25) is 0 Å². The molecule has 0 unspecified atom stereocenters. The van der Waals surface area contributed by atoms with Crippen LogP contribution in [0.3, 0.4) is 0 Å². The van der Waals surface area contributed by atoms with Crippen LogP contribution in [-0.2, 0) is 10.2 Å². The summed E-state index contributed by atoms with van der Waals surface area (Å²) in [5, 5.41) is 0. The van der Waals surface area contributed by atoms with Crippen LogP contribution < -0.4 is 15.2 Å². The molecular weight excluding hydrogens is 307 g/mol. The summed E-state index contributed by atoms with van der Waals surface area (Å²) in [7, 11) is -4.15. The molecule has 0 atom stereocenters. The van der Waals surface area contributed by atoms with Crippen molar-refractivity contribution < 1.29 is 21.6 Å². The topological polar surface area (TPSA) is 84.2 Å². The standard InChI is InChI=1S/C9H18F3N3O2S.ClH/c10-9(11,12)7-15-18(16,17)14-6-8(13)4-2-1-3-5-8;/h14-15H,1-7,13H2;1H. The second kappa shape index (κ2) is 7.07. The Bertz CT molecular complexity index is 369. The van der Waals surface area contributed by atoms with Gasteiger partial charge in [-0.05, 0) is 12.8 Å². The van der Waals surface area contributed by atoms with Crippen LogP contribution in [0.5, 0.6) is 0 Å². The van der Waals surface area contributed by atoms with Gasteiger partial charge in [0.15, 0.2) is 0 Å². The monoisotopic (exact) mass is 325 g/mol. The predicted octanol–water partition coefficient (Wildman–Crippen LogP) is 1.06. The largest absolute Gasteiger partial charge is 0.402 e. The molecule has 1 fully saturated rings. The summed E-state index contributed by atoms with van der Waals surface area (Å²) >= 11 is 0. The number of hydrogen-bond acceptors (Lipinski definition) is 3. The van der Waals surface area contributed by atoms with Crippen LogP contribution >= 0.6 is 12.4 Å². The van der Waals surface area contributed by atoms with Gasteiger partial charge in [-0.25, -0.2) is 4.72 Å². The van der Waals surface area contributed by atoms with E-state index in [1.165, 1.54) is 4.72 Å². The zero-order chi connectivity index (χ0) is 13.9. The SMILES string of the molecule is Cl.NC1(CNS(=O)(=O)NCC(F)(F)F)CCCCC1. The molecule has 1 rings (SSSR count). The van der Waals surface area contributed by atoms with E-state index in [0.717, 1.165) is 19.3 Å². The third-order valence-corrected chi connectivity index (χ3v) is 3.97. The fraction of sp³-hybridized carbons (Fsp3) is 1.00. The van der Waals surface area contributed by atoms with E-state index < -0.39 is 28.5 Å². The molecule has 0 aromatic rings. The van der Waals surface area contributed by atoms with Gasteiger partial charge in [0.05, 0.1) is 0 Å². The summed E-state index contributed by atoms with van der Waals surface area (Å²) in [6.45, 7) is -1.62. The molecule has 0 aliphatic heterocycles. The molecule has 116 valence electrons. The summed E-state index contributed by atoms with van der Waals surface area (Å²) < 4.78 is 61.7. The first-order valence-corrected chi connectivity index (χ1v) is 7.20. The van der Waals surface area contributed by atoms with Gasteiger partial charge in [0.2, 0.25) is 0 Å². The van der Waals surface area contributed by atoms with Gasteiger partial charge < -0.3 is 5.73 Å². The van der Waals surface area contributed by atoms with Crippen molar-refractivity contribution >= 4 is 22.6 Å². The molecule has 0 aromatic heterocycles. The minimum absolute atomic E-state index is 0. The normalized spacial score (nSPS) is 19.8. The Morgan fingerprint density at radius 3 is 2.11 bits per heavy atom. The smallest absolute Gasteiger partial charge is 0.324 e. The van der Waals surface area contributed by atoms with Gasteiger partial charge in [-0.15, -0.1) is 12.4 Å². The molecule has 0 bridgehead atoms. The highest BCUT2D eigenvalue weighted by Crippen LogP contribution is 2.25. The molecular formula is C9H19ClF3N3O2S. The molecule has 0 spiro atoms. The zero-order valence-electron chi connectivity index (χ0n) is 10.3. The molecule has 0 heterocycles. The number of halogens is 4. The number of hydrogen-bond donors (Lipinski definition) is 3. The summed E-state index contributed by atoms with van der Waals surface area (Å²) in [6, 6.07) is 0. The number of alkyl halides is 3. The van der Waals surface area contributed by atoms with Crippen LogP contribution in [0, 0.1) is 0 Å². The van der Waals surface area contributed by atoms with Crippen LogP contribution in [0.1, 0.15) is 32.1 Å². The van der Waals surface area contributed by atoms with E-state index in [2.05, 4.69) is 4.72 Å². The van der Waals surface area contributed by atoms with E-state index in [0.29, 0.717) is 12.8 Å². The molecule has 1 aliphatic carbocycles. The zero-order valence-corrected chi connectivity index (χ0v) is 11.9. The van der Waals surface area contributed by atoms with Gasteiger partial charge in [-0.3, -0.25) is 0 Å². The predicted molar refractivity (Wildman–Crippen MR) is 68.2 cm³/mol. The van der Waals surface area contributed by atoms with Crippen molar-refractivity contribution in [2.75, 3.05) is 13.1 Å². The van der Waals surface area contributed by atoms with E-state index in [4.69, 9.17) is 5.73 Å².